The van der Waals surface area contributed by atoms with E-state index in [1.807, 2.05) is 0 Å². The van der Waals surface area contributed by atoms with E-state index < -0.39 is 11.7 Å². The molecule has 0 nitrogen and oxygen atoms in total. The zero-order valence-corrected chi connectivity index (χ0v) is 10.9. The minimum atomic E-state index is -0.399. The molecule has 0 radical (unpaired) electrons. The topological polar surface area (TPSA) is 0 Å². The monoisotopic (exact) mass is 242 g/mol. The van der Waals surface area contributed by atoms with Crippen LogP contribution in [0.1, 0.15) is 64.7 Å². The molecule has 0 aromatic rings. The Morgan fingerprint density at radius 2 is 1.18 bits per heavy atom. The number of allylic oxidation sites excluding steroid dienone is 2. The van der Waals surface area contributed by atoms with Crippen molar-refractivity contribution in [3.05, 3.63) is 11.7 Å². The smallest absolute Gasteiger partial charge is 0.135 e. The average Bonchev–Trinajstić information content (AvgIpc) is 2.39. The van der Waals surface area contributed by atoms with Crippen molar-refractivity contribution in [2.24, 2.45) is 17.8 Å². The Morgan fingerprint density at radius 3 is 1.71 bits per heavy atom. The summed E-state index contributed by atoms with van der Waals surface area (Å²) in [6.45, 7) is 2.20. The van der Waals surface area contributed by atoms with Gasteiger partial charge in [-0.3, -0.25) is 0 Å². The van der Waals surface area contributed by atoms with Crippen molar-refractivity contribution in [2.75, 3.05) is 0 Å². The van der Waals surface area contributed by atoms with Crippen LogP contribution in [0.4, 0.5) is 8.78 Å². The highest BCUT2D eigenvalue weighted by atomic mass is 19.2. The van der Waals surface area contributed by atoms with Gasteiger partial charge in [0.1, 0.15) is 11.7 Å². The maximum Gasteiger partial charge on any atom is 0.135 e. The maximum absolute atomic E-state index is 14.1. The molecule has 0 heterocycles. The quantitative estimate of drug-likeness (QED) is 0.596. The third kappa shape index (κ3) is 3.29. The van der Waals surface area contributed by atoms with Crippen LogP contribution in [-0.2, 0) is 0 Å². The molecule has 2 rings (SSSR count). The second-order valence-electron chi connectivity index (χ2n) is 5.99. The zero-order chi connectivity index (χ0) is 12.3. The zero-order valence-electron chi connectivity index (χ0n) is 10.9. The largest absolute Gasteiger partial charge is 0.209 e. The van der Waals surface area contributed by atoms with Crippen LogP contribution in [0.5, 0.6) is 0 Å². The van der Waals surface area contributed by atoms with Crippen molar-refractivity contribution in [1.29, 1.82) is 0 Å². The highest BCUT2D eigenvalue weighted by Gasteiger charge is 2.28. The van der Waals surface area contributed by atoms with Crippen molar-refractivity contribution >= 4 is 0 Å². The lowest BCUT2D eigenvalue weighted by atomic mass is 9.80. The molecule has 2 aliphatic rings. The molecule has 2 saturated carbocycles. The van der Waals surface area contributed by atoms with Crippen molar-refractivity contribution in [1.82, 2.24) is 0 Å². The first-order chi connectivity index (χ1) is 8.18. The Hall–Kier alpha value is -0.400. The van der Waals surface area contributed by atoms with E-state index in [9.17, 15) is 8.78 Å². The summed E-state index contributed by atoms with van der Waals surface area (Å²) in [7, 11) is 0. The van der Waals surface area contributed by atoms with E-state index in [1.54, 1.807) is 0 Å². The minimum absolute atomic E-state index is 0.108. The van der Waals surface area contributed by atoms with E-state index in [1.165, 1.54) is 6.42 Å². The summed E-state index contributed by atoms with van der Waals surface area (Å²) in [4.78, 5) is 0. The average molecular weight is 242 g/mol. The molecule has 0 spiro atoms. The maximum atomic E-state index is 14.1. The molecular weight excluding hydrogens is 218 g/mol. The highest BCUT2D eigenvalue weighted by Crippen LogP contribution is 2.39. The van der Waals surface area contributed by atoms with Gasteiger partial charge in [0, 0.05) is 11.8 Å². The number of rotatable bonds is 2. The van der Waals surface area contributed by atoms with E-state index in [2.05, 4.69) is 6.92 Å². The second-order valence-corrected chi connectivity index (χ2v) is 5.99. The molecule has 2 aliphatic carbocycles. The van der Waals surface area contributed by atoms with Gasteiger partial charge in [0.15, 0.2) is 0 Å². The molecule has 17 heavy (non-hydrogen) atoms. The first-order valence-electron chi connectivity index (χ1n) is 7.23. The Morgan fingerprint density at radius 1 is 0.706 bits per heavy atom. The first kappa shape index (κ1) is 13.0. The molecule has 98 valence electrons. The molecule has 0 aromatic heterocycles. The summed E-state index contributed by atoms with van der Waals surface area (Å²) >= 11 is 0. The summed E-state index contributed by atoms with van der Waals surface area (Å²) in [5.74, 6) is -0.332. The minimum Gasteiger partial charge on any atom is -0.209 e. The summed E-state index contributed by atoms with van der Waals surface area (Å²) in [5.41, 5.74) is 0. The molecule has 2 heteroatoms. The standard InChI is InChI=1S/C15H24F2/c1-11-7-9-13(10-8-11)15(17)14(16)12-5-3-2-4-6-12/h11-13H,2-10H2,1H3/b15-14+. The molecule has 2 fully saturated rings. The SMILES string of the molecule is CC1CCC(/C(F)=C(\F)C2CCCCC2)CC1. The van der Waals surface area contributed by atoms with Gasteiger partial charge in [-0.2, -0.15) is 0 Å². The van der Waals surface area contributed by atoms with Crippen molar-refractivity contribution in [2.45, 2.75) is 64.7 Å². The fraction of sp³-hybridized carbons (Fsp3) is 0.867. The lowest BCUT2D eigenvalue weighted by molar-refractivity contribution is 0.261. The van der Waals surface area contributed by atoms with Crippen LogP contribution < -0.4 is 0 Å². The van der Waals surface area contributed by atoms with Gasteiger partial charge in [-0.25, -0.2) is 8.78 Å². The summed E-state index contributed by atoms with van der Waals surface area (Å²) in [5, 5.41) is 0. The predicted molar refractivity (Wildman–Crippen MR) is 66.9 cm³/mol. The van der Waals surface area contributed by atoms with E-state index >= 15 is 0 Å². The Bertz CT molecular complexity index is 269. The van der Waals surface area contributed by atoms with E-state index in [0.29, 0.717) is 5.92 Å². The van der Waals surface area contributed by atoms with Gasteiger partial charge in [-0.05, 0) is 31.6 Å². The number of hydrogen-bond donors (Lipinski definition) is 0. The second kappa shape index (κ2) is 5.97. The van der Waals surface area contributed by atoms with Gasteiger partial charge >= 0.3 is 0 Å². The van der Waals surface area contributed by atoms with Gasteiger partial charge in [0.2, 0.25) is 0 Å². The normalized spacial score (nSPS) is 33.4. The Labute approximate surface area is 103 Å². The summed E-state index contributed by atoms with van der Waals surface area (Å²) in [6, 6.07) is 0. The molecule has 0 aliphatic heterocycles. The first-order valence-corrected chi connectivity index (χ1v) is 7.23. The van der Waals surface area contributed by atoms with Crippen molar-refractivity contribution < 1.29 is 8.78 Å². The fourth-order valence-electron chi connectivity index (χ4n) is 3.26. The third-order valence-corrected chi connectivity index (χ3v) is 4.57. The van der Waals surface area contributed by atoms with Gasteiger partial charge in [-0.15, -0.1) is 0 Å². The van der Waals surface area contributed by atoms with Crippen molar-refractivity contribution in [3.63, 3.8) is 0 Å². The fourth-order valence-corrected chi connectivity index (χ4v) is 3.26. The van der Waals surface area contributed by atoms with Crippen LogP contribution in [0.15, 0.2) is 11.7 Å². The van der Waals surface area contributed by atoms with Gasteiger partial charge in [-0.1, -0.05) is 39.0 Å². The van der Waals surface area contributed by atoms with Crippen LogP contribution in [0.2, 0.25) is 0 Å². The molecule has 0 unspecified atom stereocenters. The number of hydrogen-bond acceptors (Lipinski definition) is 0. The number of halogens is 2. The molecule has 0 amide bonds. The van der Waals surface area contributed by atoms with Crippen LogP contribution >= 0.6 is 0 Å². The van der Waals surface area contributed by atoms with Gasteiger partial charge < -0.3 is 0 Å². The van der Waals surface area contributed by atoms with E-state index in [4.69, 9.17) is 0 Å². The predicted octanol–water partition coefficient (Wildman–Crippen LogP) is 5.54. The molecule has 0 atom stereocenters. The lowest BCUT2D eigenvalue weighted by Gasteiger charge is -2.27. The van der Waals surface area contributed by atoms with E-state index in [-0.39, 0.29) is 11.8 Å². The van der Waals surface area contributed by atoms with Crippen LogP contribution in [0.25, 0.3) is 0 Å². The molecule has 0 N–H and O–H groups in total. The van der Waals surface area contributed by atoms with Gasteiger partial charge in [0.25, 0.3) is 0 Å². The van der Waals surface area contributed by atoms with Crippen molar-refractivity contribution in [3.8, 4) is 0 Å². The molecular formula is C15H24F2. The third-order valence-electron chi connectivity index (χ3n) is 4.57. The van der Waals surface area contributed by atoms with Gasteiger partial charge in [0.05, 0.1) is 0 Å². The summed E-state index contributed by atoms with van der Waals surface area (Å²) < 4.78 is 28.2. The highest BCUT2D eigenvalue weighted by molar-refractivity contribution is 5.09. The molecule has 0 bridgehead atoms. The summed E-state index contributed by atoms with van der Waals surface area (Å²) in [6.07, 6.45) is 8.80. The van der Waals surface area contributed by atoms with Crippen LogP contribution in [0, 0.1) is 17.8 Å². The molecule has 0 aromatic carbocycles. The Balaban J connectivity index is 1.97. The van der Waals surface area contributed by atoms with Crippen LogP contribution in [0.3, 0.4) is 0 Å². The molecule has 0 saturated heterocycles. The Kier molecular flexibility index (Phi) is 4.58. The lowest BCUT2D eigenvalue weighted by Crippen LogP contribution is -2.16. The van der Waals surface area contributed by atoms with E-state index in [0.717, 1.165) is 51.4 Å². The van der Waals surface area contributed by atoms with Crippen LogP contribution in [-0.4, -0.2) is 0 Å².